The van der Waals surface area contributed by atoms with Crippen LogP contribution in [-0.2, 0) is 19.6 Å². The van der Waals surface area contributed by atoms with E-state index in [9.17, 15) is 18.0 Å². The summed E-state index contributed by atoms with van der Waals surface area (Å²) in [5, 5.41) is 11.2. The Morgan fingerprint density at radius 2 is 1.75 bits per heavy atom. The first kappa shape index (κ1) is 18.9. The first-order valence-electron chi connectivity index (χ1n) is 6.48. The molecule has 20 heavy (non-hydrogen) atoms. The highest BCUT2D eigenvalue weighted by molar-refractivity contribution is 7.88. The van der Waals surface area contributed by atoms with Crippen molar-refractivity contribution in [3.05, 3.63) is 0 Å². The average Bonchev–Trinajstić information content (AvgIpc) is 2.21. The number of hydrogen-bond acceptors (Lipinski definition) is 4. The molecule has 1 amide bonds. The molecule has 0 aliphatic rings. The summed E-state index contributed by atoms with van der Waals surface area (Å²) >= 11 is 0. The van der Waals surface area contributed by atoms with E-state index in [-0.39, 0.29) is 24.8 Å². The molecule has 8 heteroatoms. The maximum Gasteiger partial charge on any atom is 0.303 e. The van der Waals surface area contributed by atoms with Crippen molar-refractivity contribution in [1.29, 1.82) is 0 Å². The Kier molecular flexibility index (Phi) is 7.74. The number of carboxylic acid groups (broad SMARTS) is 1. The van der Waals surface area contributed by atoms with E-state index in [1.165, 1.54) is 0 Å². The quantitative estimate of drug-likeness (QED) is 0.562. The van der Waals surface area contributed by atoms with Crippen molar-refractivity contribution in [2.24, 2.45) is 11.8 Å². The van der Waals surface area contributed by atoms with Gasteiger partial charge in [-0.1, -0.05) is 20.8 Å². The van der Waals surface area contributed by atoms with Crippen LogP contribution in [0.3, 0.4) is 0 Å². The number of carbonyl (C=O) groups is 2. The van der Waals surface area contributed by atoms with Gasteiger partial charge in [0, 0.05) is 13.0 Å². The molecule has 0 aliphatic heterocycles. The molecule has 0 spiro atoms. The molecule has 0 rings (SSSR count). The van der Waals surface area contributed by atoms with Crippen LogP contribution in [0.2, 0.25) is 0 Å². The predicted octanol–water partition coefficient (Wildman–Crippen LogP) is 0.177. The van der Waals surface area contributed by atoms with Crippen molar-refractivity contribution < 1.29 is 23.1 Å². The average molecular weight is 308 g/mol. The van der Waals surface area contributed by atoms with Crippen LogP contribution in [0.5, 0.6) is 0 Å². The number of amides is 1. The van der Waals surface area contributed by atoms with Gasteiger partial charge >= 0.3 is 5.97 Å². The monoisotopic (exact) mass is 308 g/mol. The minimum atomic E-state index is -3.48. The van der Waals surface area contributed by atoms with Crippen LogP contribution in [-0.4, -0.2) is 44.2 Å². The Morgan fingerprint density at radius 1 is 1.20 bits per heavy atom. The molecular weight excluding hydrogens is 284 g/mol. The molecule has 0 saturated heterocycles. The van der Waals surface area contributed by atoms with Gasteiger partial charge in [-0.25, -0.2) is 13.1 Å². The van der Waals surface area contributed by atoms with E-state index in [1.807, 2.05) is 13.8 Å². The lowest BCUT2D eigenvalue weighted by molar-refractivity contribution is -0.138. The van der Waals surface area contributed by atoms with Crippen LogP contribution in [0.15, 0.2) is 0 Å². The van der Waals surface area contributed by atoms with Crippen molar-refractivity contribution in [1.82, 2.24) is 10.0 Å². The highest BCUT2D eigenvalue weighted by atomic mass is 32.2. The lowest BCUT2D eigenvalue weighted by Gasteiger charge is -2.20. The number of carbonyl (C=O) groups excluding carboxylic acids is 1. The minimum Gasteiger partial charge on any atom is -0.481 e. The van der Waals surface area contributed by atoms with Crippen LogP contribution in [0.25, 0.3) is 0 Å². The van der Waals surface area contributed by atoms with Gasteiger partial charge in [0.1, 0.15) is 6.04 Å². The van der Waals surface area contributed by atoms with Crippen LogP contribution in [0, 0.1) is 11.8 Å². The maximum atomic E-state index is 12.0. The van der Waals surface area contributed by atoms with E-state index in [0.29, 0.717) is 6.42 Å². The van der Waals surface area contributed by atoms with Crippen molar-refractivity contribution in [3.8, 4) is 0 Å². The Bertz CT molecular complexity index is 433. The van der Waals surface area contributed by atoms with E-state index >= 15 is 0 Å². The zero-order valence-corrected chi connectivity index (χ0v) is 13.2. The summed E-state index contributed by atoms with van der Waals surface area (Å²) in [6, 6.07) is -0.831. The largest absolute Gasteiger partial charge is 0.481 e. The SMILES string of the molecule is CC(C)CC(NS(C)(=O)=O)C(=O)NCC(C)CC(=O)O. The molecule has 2 unspecified atom stereocenters. The lowest BCUT2D eigenvalue weighted by atomic mass is 10.0. The third kappa shape index (κ3) is 9.74. The summed E-state index contributed by atoms with van der Waals surface area (Å²) in [5.41, 5.74) is 0. The second-order valence-electron chi connectivity index (χ2n) is 5.52. The molecule has 7 nitrogen and oxygen atoms in total. The molecule has 0 radical (unpaired) electrons. The van der Waals surface area contributed by atoms with Gasteiger partial charge in [0.05, 0.1) is 6.26 Å². The topological polar surface area (TPSA) is 113 Å². The van der Waals surface area contributed by atoms with Gasteiger partial charge in [0.25, 0.3) is 0 Å². The van der Waals surface area contributed by atoms with E-state index in [1.54, 1.807) is 6.92 Å². The van der Waals surface area contributed by atoms with E-state index < -0.39 is 27.9 Å². The van der Waals surface area contributed by atoms with Gasteiger partial charge in [-0.3, -0.25) is 9.59 Å². The highest BCUT2D eigenvalue weighted by Crippen LogP contribution is 2.07. The Hall–Kier alpha value is -1.15. The summed E-state index contributed by atoms with van der Waals surface area (Å²) in [7, 11) is -3.48. The van der Waals surface area contributed by atoms with Gasteiger partial charge in [0.2, 0.25) is 15.9 Å². The third-order valence-corrected chi connectivity index (χ3v) is 3.24. The number of carboxylic acids is 1. The molecule has 0 bridgehead atoms. The smallest absolute Gasteiger partial charge is 0.303 e. The van der Waals surface area contributed by atoms with Crippen LogP contribution in [0.4, 0.5) is 0 Å². The molecule has 0 aromatic heterocycles. The molecular formula is C12H24N2O5S. The zero-order valence-electron chi connectivity index (χ0n) is 12.3. The number of hydrogen-bond donors (Lipinski definition) is 3. The molecule has 0 saturated carbocycles. The third-order valence-electron chi connectivity index (χ3n) is 2.53. The van der Waals surface area contributed by atoms with Crippen molar-refractivity contribution >= 4 is 21.9 Å². The van der Waals surface area contributed by atoms with Crippen molar-refractivity contribution in [3.63, 3.8) is 0 Å². The molecule has 0 aliphatic carbocycles. The summed E-state index contributed by atoms with van der Waals surface area (Å²) in [4.78, 5) is 22.5. The summed E-state index contributed by atoms with van der Waals surface area (Å²) < 4.78 is 24.8. The molecule has 0 fully saturated rings. The first-order valence-corrected chi connectivity index (χ1v) is 8.37. The summed E-state index contributed by atoms with van der Waals surface area (Å²) in [6.45, 7) is 5.68. The van der Waals surface area contributed by atoms with E-state index in [2.05, 4.69) is 10.0 Å². The molecule has 3 N–H and O–H groups in total. The Labute approximate surface area is 120 Å². The van der Waals surface area contributed by atoms with Crippen molar-refractivity contribution in [2.75, 3.05) is 12.8 Å². The standard InChI is InChI=1S/C12H24N2O5S/c1-8(2)5-10(14-20(4,18)19)12(17)13-7-9(3)6-11(15)16/h8-10,14H,5-7H2,1-4H3,(H,13,17)(H,15,16). The normalized spacial score (nSPS) is 14.8. The Morgan fingerprint density at radius 3 is 2.15 bits per heavy atom. The van der Waals surface area contributed by atoms with Gasteiger partial charge in [-0.15, -0.1) is 0 Å². The van der Waals surface area contributed by atoms with Gasteiger partial charge < -0.3 is 10.4 Å². The number of rotatable bonds is 9. The minimum absolute atomic E-state index is 0.0470. The fraction of sp³-hybridized carbons (Fsp3) is 0.833. The number of aliphatic carboxylic acids is 1. The molecule has 0 aromatic rings. The zero-order chi connectivity index (χ0) is 15.9. The second kappa shape index (κ2) is 8.21. The first-order chi connectivity index (χ1) is 9.01. The fourth-order valence-electron chi connectivity index (χ4n) is 1.71. The van der Waals surface area contributed by atoms with Crippen molar-refractivity contribution in [2.45, 2.75) is 39.7 Å². The number of nitrogens with one attached hydrogen (secondary N) is 2. The molecule has 118 valence electrons. The van der Waals surface area contributed by atoms with E-state index in [4.69, 9.17) is 5.11 Å². The fourth-order valence-corrected chi connectivity index (χ4v) is 2.43. The van der Waals surface area contributed by atoms with Crippen LogP contribution >= 0.6 is 0 Å². The number of sulfonamides is 1. The summed E-state index contributed by atoms with van der Waals surface area (Å²) in [5.74, 6) is -1.42. The molecule has 0 aromatic carbocycles. The maximum absolute atomic E-state index is 12.0. The molecule has 0 heterocycles. The molecule has 2 atom stereocenters. The van der Waals surface area contributed by atoms with E-state index in [0.717, 1.165) is 6.26 Å². The van der Waals surface area contributed by atoms with Crippen LogP contribution < -0.4 is 10.0 Å². The van der Waals surface area contributed by atoms with Gasteiger partial charge in [0.15, 0.2) is 0 Å². The van der Waals surface area contributed by atoms with Gasteiger partial charge in [-0.05, 0) is 18.3 Å². The second-order valence-corrected chi connectivity index (χ2v) is 7.30. The predicted molar refractivity (Wildman–Crippen MR) is 75.6 cm³/mol. The van der Waals surface area contributed by atoms with Crippen LogP contribution in [0.1, 0.15) is 33.6 Å². The lowest BCUT2D eigenvalue weighted by Crippen LogP contribution is -2.47. The van der Waals surface area contributed by atoms with Gasteiger partial charge in [-0.2, -0.15) is 0 Å². The highest BCUT2D eigenvalue weighted by Gasteiger charge is 2.23. The summed E-state index contributed by atoms with van der Waals surface area (Å²) in [6.07, 6.45) is 1.33. The Balaban J connectivity index is 4.51.